The van der Waals surface area contributed by atoms with Crippen molar-refractivity contribution in [2.45, 2.75) is 6.42 Å². The highest BCUT2D eigenvalue weighted by Crippen LogP contribution is 2.30. The van der Waals surface area contributed by atoms with Gasteiger partial charge in [-0.1, -0.05) is 29.8 Å². The van der Waals surface area contributed by atoms with E-state index in [1.54, 1.807) is 31.4 Å². The predicted molar refractivity (Wildman–Crippen MR) is 97.9 cm³/mol. The van der Waals surface area contributed by atoms with Crippen LogP contribution in [0.4, 0.5) is 5.69 Å². The van der Waals surface area contributed by atoms with Gasteiger partial charge < -0.3 is 10.1 Å². The molecule has 6 heteroatoms. The van der Waals surface area contributed by atoms with Crippen LogP contribution < -0.4 is 10.1 Å². The molecule has 24 heavy (non-hydrogen) atoms. The van der Waals surface area contributed by atoms with Crippen molar-refractivity contribution in [1.29, 1.82) is 0 Å². The van der Waals surface area contributed by atoms with Crippen molar-refractivity contribution < 1.29 is 9.53 Å². The zero-order valence-corrected chi connectivity index (χ0v) is 14.5. The van der Waals surface area contributed by atoms with Crippen LogP contribution >= 0.6 is 22.9 Å². The molecule has 0 saturated carbocycles. The van der Waals surface area contributed by atoms with Crippen LogP contribution in [0, 0.1) is 0 Å². The molecule has 0 aliphatic rings. The number of nitrogens with zero attached hydrogens (tertiary/aromatic N) is 1. The van der Waals surface area contributed by atoms with Gasteiger partial charge in [0.25, 0.3) is 0 Å². The molecule has 0 fully saturated rings. The largest absolute Gasteiger partial charge is 0.497 e. The number of hydrogen-bond acceptors (Lipinski definition) is 4. The van der Waals surface area contributed by atoms with Crippen molar-refractivity contribution in [2.24, 2.45) is 0 Å². The summed E-state index contributed by atoms with van der Waals surface area (Å²) in [4.78, 5) is 16.6. The maximum absolute atomic E-state index is 12.1. The molecule has 0 bridgehead atoms. The first-order chi connectivity index (χ1) is 11.7. The minimum atomic E-state index is -0.115. The highest BCUT2D eigenvalue weighted by molar-refractivity contribution is 7.13. The number of anilines is 1. The van der Waals surface area contributed by atoms with E-state index in [0.29, 0.717) is 5.02 Å². The Labute approximate surface area is 149 Å². The SMILES string of the molecule is COc1ccc(NC(=O)Cc2csc(-c3ccccc3Cl)n2)cc1. The van der Waals surface area contributed by atoms with Crippen molar-refractivity contribution in [2.75, 3.05) is 12.4 Å². The molecule has 0 radical (unpaired) electrons. The molecule has 3 rings (SSSR count). The molecule has 3 aromatic rings. The second-order valence-electron chi connectivity index (χ2n) is 5.08. The molecule has 0 aliphatic heterocycles. The number of carbonyl (C=O) groups is 1. The summed E-state index contributed by atoms with van der Waals surface area (Å²) in [5.41, 5.74) is 2.33. The molecule has 0 aliphatic carbocycles. The quantitative estimate of drug-likeness (QED) is 0.722. The summed E-state index contributed by atoms with van der Waals surface area (Å²) in [7, 11) is 1.60. The number of rotatable bonds is 5. The Morgan fingerprint density at radius 2 is 1.96 bits per heavy atom. The zero-order chi connectivity index (χ0) is 16.9. The fourth-order valence-corrected chi connectivity index (χ4v) is 3.33. The minimum absolute atomic E-state index is 0.115. The van der Waals surface area contributed by atoms with Crippen molar-refractivity contribution >= 4 is 34.5 Å². The van der Waals surface area contributed by atoms with Crippen LogP contribution in [0.2, 0.25) is 5.02 Å². The molecule has 1 N–H and O–H groups in total. The van der Waals surface area contributed by atoms with E-state index >= 15 is 0 Å². The number of benzene rings is 2. The van der Waals surface area contributed by atoms with E-state index in [1.807, 2.05) is 29.6 Å². The fourth-order valence-electron chi connectivity index (χ4n) is 2.19. The number of ether oxygens (including phenoxy) is 1. The second-order valence-corrected chi connectivity index (χ2v) is 6.34. The van der Waals surface area contributed by atoms with E-state index in [1.165, 1.54) is 11.3 Å². The summed E-state index contributed by atoms with van der Waals surface area (Å²) < 4.78 is 5.09. The molecule has 1 amide bonds. The van der Waals surface area contributed by atoms with Crippen LogP contribution in [0.5, 0.6) is 5.75 Å². The van der Waals surface area contributed by atoms with Crippen molar-refractivity contribution in [3.8, 4) is 16.3 Å². The first-order valence-corrected chi connectivity index (χ1v) is 8.54. The number of nitrogens with one attached hydrogen (secondary N) is 1. The zero-order valence-electron chi connectivity index (χ0n) is 13.0. The third-order valence-electron chi connectivity index (χ3n) is 3.37. The number of halogens is 1. The standard InChI is InChI=1S/C18H15ClN2O2S/c1-23-14-8-6-12(7-9-14)20-17(22)10-13-11-24-18(21-13)15-4-2-3-5-16(15)19/h2-9,11H,10H2,1H3,(H,20,22). The highest BCUT2D eigenvalue weighted by Gasteiger charge is 2.11. The summed E-state index contributed by atoms with van der Waals surface area (Å²) in [5, 5.41) is 6.19. The molecule has 2 aromatic carbocycles. The number of methoxy groups -OCH3 is 1. The van der Waals surface area contributed by atoms with Crippen LogP contribution in [-0.4, -0.2) is 18.0 Å². The lowest BCUT2D eigenvalue weighted by Gasteiger charge is -2.05. The van der Waals surface area contributed by atoms with Gasteiger partial charge in [-0.15, -0.1) is 11.3 Å². The van der Waals surface area contributed by atoms with E-state index in [0.717, 1.165) is 27.7 Å². The molecule has 122 valence electrons. The number of carbonyl (C=O) groups excluding carboxylic acids is 1. The van der Waals surface area contributed by atoms with Gasteiger partial charge in [-0.25, -0.2) is 4.98 Å². The monoisotopic (exact) mass is 358 g/mol. The van der Waals surface area contributed by atoms with Gasteiger partial charge in [-0.2, -0.15) is 0 Å². The molecular formula is C18H15ClN2O2S. The Balaban J connectivity index is 1.66. The van der Waals surface area contributed by atoms with Crippen LogP contribution in [0.25, 0.3) is 10.6 Å². The first kappa shape index (κ1) is 16.5. The molecule has 4 nitrogen and oxygen atoms in total. The Morgan fingerprint density at radius 3 is 2.67 bits per heavy atom. The van der Waals surface area contributed by atoms with Crippen LogP contribution in [0.1, 0.15) is 5.69 Å². The maximum atomic E-state index is 12.1. The van der Waals surface area contributed by atoms with Gasteiger partial charge in [0.1, 0.15) is 10.8 Å². The highest BCUT2D eigenvalue weighted by atomic mass is 35.5. The van der Waals surface area contributed by atoms with Crippen LogP contribution in [0.3, 0.4) is 0 Å². The first-order valence-electron chi connectivity index (χ1n) is 7.29. The van der Waals surface area contributed by atoms with Gasteiger partial charge in [0.15, 0.2) is 0 Å². The van der Waals surface area contributed by atoms with E-state index in [4.69, 9.17) is 16.3 Å². The average molecular weight is 359 g/mol. The Morgan fingerprint density at radius 1 is 1.21 bits per heavy atom. The smallest absolute Gasteiger partial charge is 0.230 e. The Kier molecular flexibility index (Phi) is 5.13. The van der Waals surface area contributed by atoms with E-state index in [-0.39, 0.29) is 12.3 Å². The van der Waals surface area contributed by atoms with E-state index in [2.05, 4.69) is 10.3 Å². The van der Waals surface area contributed by atoms with Crippen molar-refractivity contribution in [3.63, 3.8) is 0 Å². The third-order valence-corrected chi connectivity index (χ3v) is 4.63. The van der Waals surface area contributed by atoms with E-state index < -0.39 is 0 Å². The van der Waals surface area contributed by atoms with Crippen molar-refractivity contribution in [3.05, 3.63) is 64.6 Å². The van der Waals surface area contributed by atoms with Gasteiger partial charge in [-0.3, -0.25) is 4.79 Å². The van der Waals surface area contributed by atoms with E-state index in [9.17, 15) is 4.79 Å². The van der Waals surface area contributed by atoms with Gasteiger partial charge in [-0.05, 0) is 30.3 Å². The normalized spacial score (nSPS) is 10.4. The number of amides is 1. The van der Waals surface area contributed by atoms with Crippen molar-refractivity contribution in [1.82, 2.24) is 4.98 Å². The lowest BCUT2D eigenvalue weighted by atomic mass is 10.2. The number of hydrogen-bond donors (Lipinski definition) is 1. The molecule has 1 heterocycles. The summed E-state index contributed by atoms with van der Waals surface area (Å²) >= 11 is 7.66. The predicted octanol–water partition coefficient (Wildman–Crippen LogP) is 4.65. The average Bonchev–Trinajstić information content (AvgIpc) is 3.04. The van der Waals surface area contributed by atoms with Gasteiger partial charge in [0, 0.05) is 16.6 Å². The summed E-state index contributed by atoms with van der Waals surface area (Å²) in [6.45, 7) is 0. The Hall–Kier alpha value is -2.37. The summed E-state index contributed by atoms with van der Waals surface area (Å²) in [6.07, 6.45) is 0.215. The molecule has 1 aromatic heterocycles. The fraction of sp³-hybridized carbons (Fsp3) is 0.111. The third kappa shape index (κ3) is 3.93. The lowest BCUT2D eigenvalue weighted by Crippen LogP contribution is -2.14. The van der Waals surface area contributed by atoms with Gasteiger partial charge >= 0.3 is 0 Å². The van der Waals surface area contributed by atoms with Crippen LogP contribution in [0.15, 0.2) is 53.9 Å². The molecular weight excluding hydrogens is 344 g/mol. The summed E-state index contributed by atoms with van der Waals surface area (Å²) in [6, 6.07) is 14.7. The lowest BCUT2D eigenvalue weighted by molar-refractivity contribution is -0.115. The second kappa shape index (κ2) is 7.47. The molecule has 0 unspecified atom stereocenters. The number of aromatic nitrogens is 1. The number of thiazole rings is 1. The Bertz CT molecular complexity index is 846. The van der Waals surface area contributed by atoms with Crippen LogP contribution in [-0.2, 0) is 11.2 Å². The molecule has 0 spiro atoms. The molecule has 0 atom stereocenters. The minimum Gasteiger partial charge on any atom is -0.497 e. The van der Waals surface area contributed by atoms with Gasteiger partial charge in [0.05, 0.1) is 24.2 Å². The van der Waals surface area contributed by atoms with Gasteiger partial charge in [0.2, 0.25) is 5.91 Å². The summed E-state index contributed by atoms with van der Waals surface area (Å²) in [5.74, 6) is 0.632. The maximum Gasteiger partial charge on any atom is 0.230 e. The molecule has 0 saturated heterocycles. The topological polar surface area (TPSA) is 51.2 Å².